The second-order valence-corrected chi connectivity index (χ2v) is 12.7. The van der Waals surface area contributed by atoms with Crippen molar-refractivity contribution < 1.29 is 41.9 Å². The number of aliphatic hydroxyl groups excluding tert-OH is 1. The van der Waals surface area contributed by atoms with Crippen molar-refractivity contribution in [2.24, 2.45) is 0 Å². The highest BCUT2D eigenvalue weighted by Gasteiger charge is 2.60. The molecule has 1 aliphatic heterocycles. The van der Waals surface area contributed by atoms with Crippen molar-refractivity contribution in [3.05, 3.63) is 22.7 Å². The molecule has 0 radical (unpaired) electrons. The summed E-state index contributed by atoms with van der Waals surface area (Å²) < 4.78 is 61.8. The highest BCUT2D eigenvalue weighted by molar-refractivity contribution is 7.47. The molecule has 0 spiro atoms. The van der Waals surface area contributed by atoms with E-state index in [4.69, 9.17) is 24.3 Å². The van der Waals surface area contributed by atoms with E-state index in [0.29, 0.717) is 11.2 Å². The number of nitrogen functional groups attached to an aromatic ring is 1. The van der Waals surface area contributed by atoms with Gasteiger partial charge in [-0.3, -0.25) is 13.6 Å². The Kier molecular flexibility index (Phi) is 18.0. The van der Waals surface area contributed by atoms with Crippen LogP contribution in [0.1, 0.15) is 116 Å². The highest BCUT2D eigenvalue weighted by atomic mass is 31.2. The van der Waals surface area contributed by atoms with Gasteiger partial charge in [-0.15, -0.1) is 0 Å². The number of aromatic nitrogens is 2. The number of nitrogens with two attached hydrogens (primary N) is 1. The molecule has 250 valence electrons. The topological polar surface area (TPSA) is 155 Å². The number of phosphoric acid groups is 1. The van der Waals surface area contributed by atoms with E-state index in [1.54, 1.807) is 0 Å². The molecule has 43 heavy (non-hydrogen) atoms. The van der Waals surface area contributed by atoms with Gasteiger partial charge in [0.1, 0.15) is 11.9 Å². The van der Waals surface area contributed by atoms with Crippen molar-refractivity contribution in [2.75, 3.05) is 32.2 Å². The summed E-state index contributed by atoms with van der Waals surface area (Å²) in [6.07, 6.45) is 15.1. The fourth-order valence-corrected chi connectivity index (χ4v) is 5.70. The van der Waals surface area contributed by atoms with Crippen molar-refractivity contribution >= 4 is 13.6 Å². The molecule has 2 rings (SSSR count). The lowest BCUT2D eigenvalue weighted by Gasteiger charge is -2.20. The fourth-order valence-electron chi connectivity index (χ4n) is 4.98. The Balaban J connectivity index is 1.46. The van der Waals surface area contributed by atoms with E-state index in [-0.39, 0.29) is 19.0 Å². The van der Waals surface area contributed by atoms with Gasteiger partial charge in [-0.1, -0.05) is 103 Å². The molecule has 0 amide bonds. The van der Waals surface area contributed by atoms with Crippen LogP contribution in [0.3, 0.4) is 0 Å². The van der Waals surface area contributed by atoms with Gasteiger partial charge < -0.3 is 25.2 Å². The van der Waals surface area contributed by atoms with Crippen molar-refractivity contribution in [2.45, 2.75) is 134 Å². The number of hydrogen-bond donors (Lipinski definition) is 3. The quantitative estimate of drug-likeness (QED) is 0.0840. The van der Waals surface area contributed by atoms with Gasteiger partial charge in [0.25, 0.3) is 0 Å². The predicted molar refractivity (Wildman–Crippen MR) is 160 cm³/mol. The van der Waals surface area contributed by atoms with Gasteiger partial charge in [-0.2, -0.15) is 13.8 Å². The number of ether oxygens (including phenoxy) is 2. The predicted octanol–water partition coefficient (Wildman–Crippen LogP) is 6.13. The van der Waals surface area contributed by atoms with E-state index in [9.17, 15) is 28.1 Å². The zero-order valence-electron chi connectivity index (χ0n) is 25.5. The number of unbranched alkanes of at least 4 members (excludes halogenated alkanes) is 15. The Bertz CT molecular complexity index is 1000. The molecule has 1 unspecified atom stereocenters. The maximum Gasteiger partial charge on any atom is 0.472 e. The van der Waals surface area contributed by atoms with Gasteiger partial charge in [0.05, 0.1) is 19.8 Å². The first-order chi connectivity index (χ1) is 20.6. The van der Waals surface area contributed by atoms with Gasteiger partial charge in [-0.25, -0.2) is 9.36 Å². The molecule has 0 bridgehead atoms. The summed E-state index contributed by atoms with van der Waals surface area (Å²) in [6.45, 7) is 1.68. The average molecular weight is 640 g/mol. The number of anilines is 1. The summed E-state index contributed by atoms with van der Waals surface area (Å²) in [5, 5.41) is 9.99. The lowest BCUT2D eigenvalue weighted by molar-refractivity contribution is -0.140. The maximum absolute atomic E-state index is 14.6. The van der Waals surface area contributed by atoms with Crippen LogP contribution in [0.4, 0.5) is 14.6 Å². The molecule has 1 aliphatic rings. The lowest BCUT2D eigenvalue weighted by Crippen LogP contribution is -2.41. The standard InChI is InChI=1S/C29H52F2N3O8P/c1-2-3-4-5-6-7-8-9-10-11-12-13-14-15-16-17-20-39-21-22-40-43(37,38)41-23-24-26(35)29(30,31)27(42-24)34-19-18-25(32)33-28(34)36/h18-19,24,26-27,35H,2-17,20-23H2,1H3,(H,37,38)(H2,32,33,36)/t24-,26-,27-/m1/s1. The Labute approximate surface area is 254 Å². The molecular formula is C29H52F2N3O8P. The summed E-state index contributed by atoms with van der Waals surface area (Å²) in [4.78, 5) is 25.1. The summed E-state index contributed by atoms with van der Waals surface area (Å²) in [7, 11) is -4.63. The van der Waals surface area contributed by atoms with E-state index >= 15 is 0 Å². The van der Waals surface area contributed by atoms with Gasteiger partial charge >= 0.3 is 19.4 Å². The molecule has 0 aliphatic carbocycles. The molecule has 0 saturated carbocycles. The van der Waals surface area contributed by atoms with Gasteiger partial charge in [0, 0.05) is 12.8 Å². The minimum Gasteiger partial charge on any atom is -0.384 e. The van der Waals surface area contributed by atoms with Crippen LogP contribution >= 0.6 is 7.82 Å². The summed E-state index contributed by atoms with van der Waals surface area (Å²) in [6, 6.07) is 1.12. The Morgan fingerprint density at radius 3 is 2.00 bits per heavy atom. The summed E-state index contributed by atoms with van der Waals surface area (Å²) in [5.74, 6) is -4.08. The SMILES string of the molecule is CCCCCCCCCCCCCCCCCCOCCOP(=O)(O)OC[C@H]1O[C@@H](n2ccc(N)nc2=O)C(F)(F)[C@@H]1O. The van der Waals surface area contributed by atoms with Crippen molar-refractivity contribution in [1.82, 2.24) is 9.55 Å². The van der Waals surface area contributed by atoms with Gasteiger partial charge in [-0.05, 0) is 12.5 Å². The molecule has 4 atom stereocenters. The van der Waals surface area contributed by atoms with E-state index in [1.807, 2.05) is 0 Å². The van der Waals surface area contributed by atoms with Crippen LogP contribution in [0.25, 0.3) is 0 Å². The molecule has 14 heteroatoms. The third-order valence-corrected chi connectivity index (χ3v) is 8.49. The number of phosphoric ester groups is 1. The third kappa shape index (κ3) is 14.4. The normalized spacial score (nSPS) is 21.3. The van der Waals surface area contributed by atoms with Crippen molar-refractivity contribution in [3.8, 4) is 0 Å². The molecule has 0 aromatic carbocycles. The smallest absolute Gasteiger partial charge is 0.384 e. The second kappa shape index (κ2) is 20.5. The molecule has 4 N–H and O–H groups in total. The number of halogens is 2. The van der Waals surface area contributed by atoms with Crippen LogP contribution in [0.15, 0.2) is 17.1 Å². The van der Waals surface area contributed by atoms with E-state index < -0.39 is 44.5 Å². The summed E-state index contributed by atoms with van der Waals surface area (Å²) >= 11 is 0. The highest BCUT2D eigenvalue weighted by Crippen LogP contribution is 2.46. The largest absolute Gasteiger partial charge is 0.472 e. The second-order valence-electron chi connectivity index (χ2n) is 11.2. The van der Waals surface area contributed by atoms with E-state index in [2.05, 4.69) is 11.9 Å². The molecular weight excluding hydrogens is 587 g/mol. The third-order valence-electron chi connectivity index (χ3n) is 7.51. The molecule has 1 saturated heterocycles. The minimum atomic E-state index is -4.63. The molecule has 2 heterocycles. The first-order valence-corrected chi connectivity index (χ1v) is 17.3. The lowest BCUT2D eigenvalue weighted by atomic mass is 10.0. The first-order valence-electron chi connectivity index (χ1n) is 15.8. The summed E-state index contributed by atoms with van der Waals surface area (Å²) in [5.41, 5.74) is 4.27. The molecule has 11 nitrogen and oxygen atoms in total. The minimum absolute atomic E-state index is 0.0579. The number of hydrogen-bond acceptors (Lipinski definition) is 9. The van der Waals surface area contributed by atoms with Crippen LogP contribution in [0, 0.1) is 0 Å². The zero-order valence-corrected chi connectivity index (χ0v) is 26.4. The molecule has 1 aromatic rings. The van der Waals surface area contributed by atoms with Gasteiger partial charge in [0.15, 0.2) is 6.10 Å². The van der Waals surface area contributed by atoms with Crippen molar-refractivity contribution in [3.63, 3.8) is 0 Å². The Morgan fingerprint density at radius 2 is 1.47 bits per heavy atom. The van der Waals surface area contributed by atoms with Crippen LogP contribution < -0.4 is 11.4 Å². The number of nitrogens with zero attached hydrogens (tertiary/aromatic N) is 2. The van der Waals surface area contributed by atoms with Crippen LogP contribution in [0.2, 0.25) is 0 Å². The number of alkyl halides is 2. The zero-order chi connectivity index (χ0) is 31.6. The number of aliphatic hydroxyl groups is 1. The van der Waals surface area contributed by atoms with Crippen molar-refractivity contribution in [1.29, 1.82) is 0 Å². The molecule has 1 aromatic heterocycles. The maximum atomic E-state index is 14.6. The van der Waals surface area contributed by atoms with Gasteiger partial charge in [0.2, 0.25) is 6.23 Å². The first kappa shape index (κ1) is 37.7. The van der Waals surface area contributed by atoms with Crippen LogP contribution in [0.5, 0.6) is 0 Å². The average Bonchev–Trinajstić information content (AvgIpc) is 3.18. The Morgan fingerprint density at radius 1 is 0.930 bits per heavy atom. The monoisotopic (exact) mass is 639 g/mol. The van der Waals surface area contributed by atoms with Crippen LogP contribution in [-0.4, -0.2) is 64.1 Å². The van der Waals surface area contributed by atoms with Crippen LogP contribution in [-0.2, 0) is 23.1 Å². The number of rotatable bonds is 25. The fraction of sp³-hybridized carbons (Fsp3) is 0.862. The Hall–Kier alpha value is -1.47. The van der Waals surface area contributed by atoms with E-state index in [1.165, 1.54) is 83.5 Å². The molecule has 1 fully saturated rings. The van der Waals surface area contributed by atoms with E-state index in [0.717, 1.165) is 31.5 Å².